The summed E-state index contributed by atoms with van der Waals surface area (Å²) in [6, 6.07) is 10.1. The van der Waals surface area contributed by atoms with Gasteiger partial charge >= 0.3 is 0 Å². The predicted octanol–water partition coefficient (Wildman–Crippen LogP) is 2.49. The maximum Gasteiger partial charge on any atom is 0.195 e. The van der Waals surface area contributed by atoms with Crippen molar-refractivity contribution in [2.24, 2.45) is 5.92 Å². The molecule has 0 amide bonds. The first kappa shape index (κ1) is 10.5. The molecule has 0 spiro atoms. The van der Waals surface area contributed by atoms with Crippen LogP contribution < -0.4 is 5.32 Å². The molecule has 3 heteroatoms. The monoisotopic (exact) mass is 228 g/mol. The van der Waals surface area contributed by atoms with Crippen molar-refractivity contribution >= 4 is 0 Å². The van der Waals surface area contributed by atoms with Gasteiger partial charge in [0.15, 0.2) is 11.7 Å². The third kappa shape index (κ3) is 2.39. The van der Waals surface area contributed by atoms with Crippen molar-refractivity contribution in [3.63, 3.8) is 0 Å². The van der Waals surface area contributed by atoms with E-state index in [2.05, 4.69) is 10.3 Å². The van der Waals surface area contributed by atoms with E-state index in [9.17, 15) is 0 Å². The molecule has 1 N–H and O–H groups in total. The Hall–Kier alpha value is -1.61. The van der Waals surface area contributed by atoms with Crippen LogP contribution in [0.15, 0.2) is 40.9 Å². The molecule has 1 unspecified atom stereocenters. The van der Waals surface area contributed by atoms with E-state index < -0.39 is 0 Å². The average Bonchev–Trinajstić information content (AvgIpc) is 3.02. The fourth-order valence-electron chi connectivity index (χ4n) is 2.28. The van der Waals surface area contributed by atoms with Crippen LogP contribution in [0.4, 0.5) is 0 Å². The molecule has 1 aliphatic heterocycles. The van der Waals surface area contributed by atoms with Crippen LogP contribution in [-0.2, 0) is 6.42 Å². The summed E-state index contributed by atoms with van der Waals surface area (Å²) in [4.78, 5) is 4.36. The highest BCUT2D eigenvalue weighted by Crippen LogP contribution is 2.22. The molecular formula is C14H16N2O. The lowest BCUT2D eigenvalue weighted by Crippen LogP contribution is -2.10. The minimum Gasteiger partial charge on any atom is -0.441 e. The molecule has 3 rings (SSSR count). The summed E-state index contributed by atoms with van der Waals surface area (Å²) in [6.07, 6.45) is 4.00. The molecule has 0 bridgehead atoms. The van der Waals surface area contributed by atoms with E-state index >= 15 is 0 Å². The SMILES string of the molecule is c1ccc(-c2cnc(CC3CCNC3)o2)cc1. The molecule has 1 fully saturated rings. The van der Waals surface area contributed by atoms with E-state index in [-0.39, 0.29) is 0 Å². The van der Waals surface area contributed by atoms with E-state index in [0.29, 0.717) is 5.92 Å². The molecule has 3 nitrogen and oxygen atoms in total. The Morgan fingerprint density at radius 3 is 2.94 bits per heavy atom. The number of nitrogens with one attached hydrogen (secondary N) is 1. The van der Waals surface area contributed by atoms with Crippen molar-refractivity contribution in [1.82, 2.24) is 10.3 Å². The Labute approximate surface area is 101 Å². The van der Waals surface area contributed by atoms with Gasteiger partial charge in [0.1, 0.15) is 0 Å². The zero-order valence-electron chi connectivity index (χ0n) is 9.73. The maximum absolute atomic E-state index is 5.79. The van der Waals surface area contributed by atoms with Gasteiger partial charge in [-0.3, -0.25) is 0 Å². The molecule has 0 saturated carbocycles. The summed E-state index contributed by atoms with van der Waals surface area (Å²) in [5.74, 6) is 2.40. The van der Waals surface area contributed by atoms with E-state index in [1.165, 1.54) is 6.42 Å². The number of hydrogen-bond donors (Lipinski definition) is 1. The molecule has 1 aliphatic rings. The van der Waals surface area contributed by atoms with Crippen LogP contribution in [0.2, 0.25) is 0 Å². The summed E-state index contributed by atoms with van der Waals surface area (Å²) in [5.41, 5.74) is 1.09. The first-order valence-electron chi connectivity index (χ1n) is 6.12. The minimum atomic E-state index is 0.678. The lowest BCUT2D eigenvalue weighted by atomic mass is 10.1. The molecule has 0 radical (unpaired) electrons. The largest absolute Gasteiger partial charge is 0.441 e. The number of benzene rings is 1. The van der Waals surface area contributed by atoms with Crippen molar-refractivity contribution in [1.29, 1.82) is 0 Å². The highest BCUT2D eigenvalue weighted by Gasteiger charge is 2.17. The van der Waals surface area contributed by atoms with Crippen molar-refractivity contribution in [2.45, 2.75) is 12.8 Å². The molecule has 2 aromatic rings. The van der Waals surface area contributed by atoms with E-state index in [0.717, 1.165) is 36.7 Å². The van der Waals surface area contributed by atoms with E-state index in [1.54, 1.807) is 0 Å². The van der Waals surface area contributed by atoms with Gasteiger partial charge in [-0.25, -0.2) is 4.98 Å². The van der Waals surface area contributed by atoms with Crippen molar-refractivity contribution in [3.8, 4) is 11.3 Å². The highest BCUT2D eigenvalue weighted by molar-refractivity contribution is 5.55. The van der Waals surface area contributed by atoms with Gasteiger partial charge in [-0.1, -0.05) is 30.3 Å². The average molecular weight is 228 g/mol. The minimum absolute atomic E-state index is 0.678. The van der Waals surface area contributed by atoms with Gasteiger partial charge in [0, 0.05) is 12.0 Å². The van der Waals surface area contributed by atoms with Gasteiger partial charge in [0.05, 0.1) is 6.20 Å². The van der Waals surface area contributed by atoms with Gasteiger partial charge in [0.25, 0.3) is 0 Å². The van der Waals surface area contributed by atoms with Crippen LogP contribution in [0.1, 0.15) is 12.3 Å². The fourth-order valence-corrected chi connectivity index (χ4v) is 2.28. The fraction of sp³-hybridized carbons (Fsp3) is 0.357. The zero-order valence-corrected chi connectivity index (χ0v) is 9.73. The number of hydrogen-bond acceptors (Lipinski definition) is 3. The standard InChI is InChI=1S/C14H16N2O/c1-2-4-12(5-3-1)13-10-16-14(17-13)8-11-6-7-15-9-11/h1-5,10-11,15H,6-9H2. The summed E-state index contributed by atoms with van der Waals surface area (Å²) in [7, 11) is 0. The van der Waals surface area contributed by atoms with Gasteiger partial charge < -0.3 is 9.73 Å². The van der Waals surface area contributed by atoms with Crippen molar-refractivity contribution < 1.29 is 4.42 Å². The lowest BCUT2D eigenvalue weighted by molar-refractivity contribution is 0.450. The summed E-state index contributed by atoms with van der Waals surface area (Å²) < 4.78 is 5.79. The van der Waals surface area contributed by atoms with E-state index in [1.807, 2.05) is 36.5 Å². The molecule has 1 atom stereocenters. The quantitative estimate of drug-likeness (QED) is 0.877. The van der Waals surface area contributed by atoms with Crippen LogP contribution in [0.5, 0.6) is 0 Å². The molecule has 1 aromatic heterocycles. The van der Waals surface area contributed by atoms with Gasteiger partial charge in [-0.2, -0.15) is 0 Å². The molecule has 1 saturated heterocycles. The molecule has 1 aromatic carbocycles. The molecule has 88 valence electrons. The second kappa shape index (κ2) is 4.72. The first-order chi connectivity index (χ1) is 8.42. The van der Waals surface area contributed by atoms with Crippen LogP contribution >= 0.6 is 0 Å². The Morgan fingerprint density at radius 1 is 1.29 bits per heavy atom. The van der Waals surface area contributed by atoms with Crippen LogP contribution in [0.25, 0.3) is 11.3 Å². The summed E-state index contributed by atoms with van der Waals surface area (Å²) in [6.45, 7) is 2.21. The van der Waals surface area contributed by atoms with Gasteiger partial charge in [-0.15, -0.1) is 0 Å². The molecular weight excluding hydrogens is 212 g/mol. The molecule has 17 heavy (non-hydrogen) atoms. The number of aromatic nitrogens is 1. The van der Waals surface area contributed by atoms with Gasteiger partial charge in [0.2, 0.25) is 0 Å². The second-order valence-corrected chi connectivity index (χ2v) is 4.55. The first-order valence-corrected chi connectivity index (χ1v) is 6.12. The number of rotatable bonds is 3. The van der Waals surface area contributed by atoms with Gasteiger partial charge in [-0.05, 0) is 25.4 Å². The Kier molecular flexibility index (Phi) is 2.92. The maximum atomic E-state index is 5.79. The Bertz CT molecular complexity index is 472. The van der Waals surface area contributed by atoms with Crippen LogP contribution in [-0.4, -0.2) is 18.1 Å². The van der Waals surface area contributed by atoms with Crippen molar-refractivity contribution in [2.75, 3.05) is 13.1 Å². The summed E-state index contributed by atoms with van der Waals surface area (Å²) >= 11 is 0. The predicted molar refractivity (Wildman–Crippen MR) is 66.6 cm³/mol. The van der Waals surface area contributed by atoms with E-state index in [4.69, 9.17) is 4.42 Å². The smallest absolute Gasteiger partial charge is 0.195 e. The van der Waals surface area contributed by atoms with Crippen LogP contribution in [0, 0.1) is 5.92 Å². The summed E-state index contributed by atoms with van der Waals surface area (Å²) in [5, 5.41) is 3.36. The second-order valence-electron chi connectivity index (χ2n) is 4.55. The normalized spacial score (nSPS) is 19.6. The number of nitrogens with zero attached hydrogens (tertiary/aromatic N) is 1. The topological polar surface area (TPSA) is 38.1 Å². The Morgan fingerprint density at radius 2 is 2.18 bits per heavy atom. The number of oxazole rings is 1. The highest BCUT2D eigenvalue weighted by atomic mass is 16.4. The Balaban J connectivity index is 1.74. The third-order valence-electron chi connectivity index (χ3n) is 3.24. The zero-order chi connectivity index (χ0) is 11.5. The lowest BCUT2D eigenvalue weighted by Gasteiger charge is -2.03. The van der Waals surface area contributed by atoms with Crippen LogP contribution in [0.3, 0.4) is 0 Å². The van der Waals surface area contributed by atoms with Crippen molar-refractivity contribution in [3.05, 3.63) is 42.4 Å². The molecule has 2 heterocycles. The third-order valence-corrected chi connectivity index (χ3v) is 3.24. The molecule has 0 aliphatic carbocycles.